The zero-order valence-electron chi connectivity index (χ0n) is 16.3. The number of likely N-dealkylation sites (tertiary alicyclic amines) is 1. The van der Waals surface area contributed by atoms with E-state index >= 15 is 0 Å². The number of guanidine groups is 1. The summed E-state index contributed by atoms with van der Waals surface area (Å²) in [5.41, 5.74) is 0. The van der Waals surface area contributed by atoms with Crippen LogP contribution in [0.5, 0.6) is 0 Å². The fourth-order valence-corrected chi connectivity index (χ4v) is 3.95. The molecule has 1 aliphatic rings. The minimum absolute atomic E-state index is 0.0612. The molecule has 1 fully saturated rings. The Bertz CT molecular complexity index is 558. The molecule has 146 valence electrons. The molecule has 1 aromatic heterocycles. The predicted molar refractivity (Wildman–Crippen MR) is 110 cm³/mol. The van der Waals surface area contributed by atoms with E-state index in [1.165, 1.54) is 4.88 Å². The van der Waals surface area contributed by atoms with Crippen LogP contribution in [0.2, 0.25) is 0 Å². The highest BCUT2D eigenvalue weighted by atomic mass is 32.1. The van der Waals surface area contributed by atoms with Gasteiger partial charge in [-0.3, -0.25) is 14.7 Å². The van der Waals surface area contributed by atoms with Crippen molar-refractivity contribution in [2.75, 3.05) is 46.8 Å². The van der Waals surface area contributed by atoms with Gasteiger partial charge in [0, 0.05) is 45.2 Å². The molecule has 0 radical (unpaired) electrons. The number of hydrogen-bond acceptors (Lipinski definition) is 4. The minimum atomic E-state index is 0.0612. The third-order valence-electron chi connectivity index (χ3n) is 4.55. The van der Waals surface area contributed by atoms with Gasteiger partial charge >= 0.3 is 0 Å². The average Bonchev–Trinajstić information content (AvgIpc) is 3.29. The molecule has 0 saturated carbocycles. The van der Waals surface area contributed by atoms with Gasteiger partial charge < -0.3 is 15.5 Å². The third-order valence-corrected chi connectivity index (χ3v) is 5.49. The van der Waals surface area contributed by atoms with E-state index < -0.39 is 0 Å². The van der Waals surface area contributed by atoms with Crippen molar-refractivity contribution in [1.82, 2.24) is 20.4 Å². The number of carbonyl (C=O) groups excluding carboxylic acids is 1. The SMILES string of the molecule is CCNC(=NCCCN1CCCC1C(=O)N(C)C)NCCc1cccs1. The van der Waals surface area contributed by atoms with E-state index in [0.717, 1.165) is 64.4 Å². The van der Waals surface area contributed by atoms with Gasteiger partial charge in [-0.05, 0) is 50.6 Å². The molecule has 1 amide bonds. The fraction of sp³-hybridized carbons (Fsp3) is 0.684. The quantitative estimate of drug-likeness (QED) is 0.390. The Morgan fingerprint density at radius 2 is 2.27 bits per heavy atom. The first kappa shape index (κ1) is 20.7. The summed E-state index contributed by atoms with van der Waals surface area (Å²) in [7, 11) is 3.68. The second-order valence-corrected chi connectivity index (χ2v) is 7.83. The number of amides is 1. The molecule has 1 atom stereocenters. The summed E-state index contributed by atoms with van der Waals surface area (Å²) < 4.78 is 0. The summed E-state index contributed by atoms with van der Waals surface area (Å²) in [5, 5.41) is 8.81. The predicted octanol–water partition coefficient (Wildman–Crippen LogP) is 1.79. The largest absolute Gasteiger partial charge is 0.357 e. The zero-order chi connectivity index (χ0) is 18.8. The topological polar surface area (TPSA) is 60.0 Å². The average molecular weight is 380 g/mol. The van der Waals surface area contributed by atoms with Gasteiger partial charge in [-0.15, -0.1) is 11.3 Å². The second-order valence-electron chi connectivity index (χ2n) is 6.80. The number of nitrogens with one attached hydrogen (secondary N) is 2. The Morgan fingerprint density at radius 1 is 1.42 bits per heavy atom. The maximum atomic E-state index is 12.2. The lowest BCUT2D eigenvalue weighted by Gasteiger charge is -2.25. The van der Waals surface area contributed by atoms with Crippen molar-refractivity contribution in [2.45, 2.75) is 38.6 Å². The molecule has 0 spiro atoms. The molecule has 1 unspecified atom stereocenters. The highest BCUT2D eigenvalue weighted by Crippen LogP contribution is 2.18. The summed E-state index contributed by atoms with van der Waals surface area (Å²) in [6.07, 6.45) is 4.08. The smallest absolute Gasteiger partial charge is 0.239 e. The van der Waals surface area contributed by atoms with E-state index in [1.54, 1.807) is 16.2 Å². The summed E-state index contributed by atoms with van der Waals surface area (Å²) in [5.74, 6) is 1.11. The van der Waals surface area contributed by atoms with Crippen molar-refractivity contribution in [3.05, 3.63) is 22.4 Å². The lowest BCUT2D eigenvalue weighted by atomic mass is 10.2. The van der Waals surface area contributed by atoms with Gasteiger partial charge in [0.05, 0.1) is 6.04 Å². The van der Waals surface area contributed by atoms with Gasteiger partial charge in [0.1, 0.15) is 0 Å². The Labute approximate surface area is 161 Å². The summed E-state index contributed by atoms with van der Waals surface area (Å²) >= 11 is 1.79. The molecule has 7 heteroatoms. The first-order chi connectivity index (χ1) is 12.6. The first-order valence-electron chi connectivity index (χ1n) is 9.61. The molecule has 0 bridgehead atoms. The lowest BCUT2D eigenvalue weighted by Crippen LogP contribution is -2.43. The van der Waals surface area contributed by atoms with Crippen LogP contribution in [0.15, 0.2) is 22.5 Å². The monoisotopic (exact) mass is 379 g/mol. The van der Waals surface area contributed by atoms with Crippen molar-refractivity contribution in [3.8, 4) is 0 Å². The van der Waals surface area contributed by atoms with Crippen LogP contribution in [-0.2, 0) is 11.2 Å². The van der Waals surface area contributed by atoms with Crippen molar-refractivity contribution >= 4 is 23.2 Å². The Kier molecular flexibility index (Phi) is 8.91. The number of hydrogen-bond donors (Lipinski definition) is 2. The molecule has 2 rings (SSSR count). The normalized spacial score (nSPS) is 18.1. The molecular formula is C19H33N5OS. The van der Waals surface area contributed by atoms with Crippen LogP contribution in [-0.4, -0.2) is 74.5 Å². The summed E-state index contributed by atoms with van der Waals surface area (Å²) in [4.78, 5) is 22.3. The van der Waals surface area contributed by atoms with E-state index in [9.17, 15) is 4.79 Å². The van der Waals surface area contributed by atoms with E-state index in [2.05, 4.69) is 45.0 Å². The van der Waals surface area contributed by atoms with E-state index in [0.29, 0.717) is 0 Å². The zero-order valence-corrected chi connectivity index (χ0v) is 17.1. The van der Waals surface area contributed by atoms with Crippen molar-refractivity contribution < 1.29 is 4.79 Å². The number of likely N-dealkylation sites (N-methyl/N-ethyl adjacent to an activating group) is 1. The van der Waals surface area contributed by atoms with Crippen LogP contribution in [0.4, 0.5) is 0 Å². The molecule has 1 aromatic rings. The van der Waals surface area contributed by atoms with Crippen LogP contribution < -0.4 is 10.6 Å². The highest BCUT2D eigenvalue weighted by molar-refractivity contribution is 7.09. The third kappa shape index (κ3) is 6.61. The minimum Gasteiger partial charge on any atom is -0.357 e. The number of carbonyl (C=O) groups is 1. The van der Waals surface area contributed by atoms with Crippen molar-refractivity contribution in [1.29, 1.82) is 0 Å². The Balaban J connectivity index is 1.72. The Hall–Kier alpha value is -1.60. The number of rotatable bonds is 9. The van der Waals surface area contributed by atoms with Gasteiger partial charge in [-0.2, -0.15) is 0 Å². The molecule has 1 aliphatic heterocycles. The number of nitrogens with zero attached hydrogens (tertiary/aromatic N) is 3. The van der Waals surface area contributed by atoms with Gasteiger partial charge in [0.2, 0.25) is 5.91 Å². The summed E-state index contributed by atoms with van der Waals surface area (Å²) in [6.45, 7) is 6.55. The number of thiophene rings is 1. The molecule has 0 aliphatic carbocycles. The molecule has 6 nitrogen and oxygen atoms in total. The van der Waals surface area contributed by atoms with Crippen LogP contribution in [0, 0.1) is 0 Å². The Morgan fingerprint density at radius 3 is 2.96 bits per heavy atom. The van der Waals surface area contributed by atoms with Gasteiger partial charge in [-0.25, -0.2) is 0 Å². The molecular weight excluding hydrogens is 346 g/mol. The van der Waals surface area contributed by atoms with E-state index in [1.807, 2.05) is 14.1 Å². The molecule has 0 aromatic carbocycles. The summed E-state index contributed by atoms with van der Waals surface area (Å²) in [6, 6.07) is 4.32. The van der Waals surface area contributed by atoms with Gasteiger partial charge in [0.25, 0.3) is 0 Å². The standard InChI is InChI=1S/C19H33N5OS/c1-4-20-19(22-12-10-16-8-6-15-26-16)21-11-7-14-24-13-5-9-17(24)18(25)23(2)3/h6,8,15,17H,4-5,7,9-14H2,1-3H3,(H2,20,21,22). The van der Waals surface area contributed by atoms with Crippen LogP contribution in [0.1, 0.15) is 31.1 Å². The van der Waals surface area contributed by atoms with Gasteiger partial charge in [-0.1, -0.05) is 6.07 Å². The van der Waals surface area contributed by atoms with Crippen LogP contribution in [0.25, 0.3) is 0 Å². The van der Waals surface area contributed by atoms with Crippen LogP contribution in [0.3, 0.4) is 0 Å². The van der Waals surface area contributed by atoms with Crippen LogP contribution >= 0.6 is 11.3 Å². The molecule has 1 saturated heterocycles. The maximum absolute atomic E-state index is 12.2. The highest BCUT2D eigenvalue weighted by Gasteiger charge is 2.30. The lowest BCUT2D eigenvalue weighted by molar-refractivity contribution is -0.133. The molecule has 26 heavy (non-hydrogen) atoms. The van der Waals surface area contributed by atoms with Crippen molar-refractivity contribution in [2.24, 2.45) is 4.99 Å². The van der Waals surface area contributed by atoms with Gasteiger partial charge in [0.15, 0.2) is 5.96 Å². The maximum Gasteiger partial charge on any atom is 0.239 e. The second kappa shape index (κ2) is 11.2. The first-order valence-corrected chi connectivity index (χ1v) is 10.5. The number of aliphatic imine (C=N–C) groups is 1. The fourth-order valence-electron chi connectivity index (χ4n) is 3.24. The van der Waals surface area contributed by atoms with E-state index in [4.69, 9.17) is 0 Å². The molecule has 2 N–H and O–H groups in total. The van der Waals surface area contributed by atoms with Crippen molar-refractivity contribution in [3.63, 3.8) is 0 Å². The molecule has 2 heterocycles. The van der Waals surface area contributed by atoms with E-state index in [-0.39, 0.29) is 11.9 Å².